The van der Waals surface area contributed by atoms with Crippen LogP contribution in [0.25, 0.3) is 0 Å². The molecule has 0 aliphatic carbocycles. The van der Waals surface area contributed by atoms with Gasteiger partial charge in [0.15, 0.2) is 0 Å². The first-order valence-electron chi connectivity index (χ1n) is 7.73. The second-order valence-corrected chi connectivity index (χ2v) is 5.56. The number of aliphatic hydroxyl groups excluding tert-OH is 3. The fourth-order valence-electron chi connectivity index (χ4n) is 2.17. The van der Waals surface area contributed by atoms with Crippen LogP contribution in [0.3, 0.4) is 0 Å². The van der Waals surface area contributed by atoms with Crippen molar-refractivity contribution >= 4 is 17.8 Å². The van der Waals surface area contributed by atoms with Crippen molar-refractivity contribution in [2.24, 2.45) is 0 Å². The van der Waals surface area contributed by atoms with E-state index in [0.29, 0.717) is 0 Å². The number of amides is 2. The molecule has 10 heteroatoms. The molecule has 0 aromatic carbocycles. The zero-order valence-corrected chi connectivity index (χ0v) is 14.0. The molecule has 0 aromatic rings. The third kappa shape index (κ3) is 6.78. The molecule has 1 aliphatic heterocycles. The molecule has 0 unspecified atom stereocenters. The van der Waals surface area contributed by atoms with Crippen molar-refractivity contribution in [3.05, 3.63) is 12.2 Å². The summed E-state index contributed by atoms with van der Waals surface area (Å²) in [6.45, 7) is 0.963. The molecule has 1 heterocycles. The summed E-state index contributed by atoms with van der Waals surface area (Å²) in [7, 11) is 1.19. The largest absolute Gasteiger partial charge is 0.468 e. The summed E-state index contributed by atoms with van der Waals surface area (Å²) >= 11 is 0. The average molecular weight is 360 g/mol. The molecule has 0 saturated carbocycles. The molecule has 1 rings (SSSR count). The van der Waals surface area contributed by atoms with E-state index in [1.54, 1.807) is 6.92 Å². The predicted octanol–water partition coefficient (Wildman–Crippen LogP) is -2.79. The fourth-order valence-corrected chi connectivity index (χ4v) is 2.17. The Bertz CT molecular complexity index is 510. The number of hydrogen-bond acceptors (Lipinski definition) is 8. The van der Waals surface area contributed by atoms with Crippen molar-refractivity contribution in [1.29, 1.82) is 0 Å². The summed E-state index contributed by atoms with van der Waals surface area (Å²) in [5, 5.41) is 33.7. The van der Waals surface area contributed by atoms with Gasteiger partial charge in [-0.2, -0.15) is 0 Å². The van der Waals surface area contributed by atoms with Gasteiger partial charge in [0.05, 0.1) is 25.9 Å². The summed E-state index contributed by atoms with van der Waals surface area (Å²) < 4.78 is 9.72. The topological polar surface area (TPSA) is 154 Å². The SMILES string of the molecule is COC(=O)CNC(=O)CNC(=O)/C=C/C[C@@H]1O[C@@H](C)[C@@H](O)[C@@H](O)[C@@H]1O. The summed E-state index contributed by atoms with van der Waals surface area (Å²) in [5.74, 6) is -1.71. The zero-order chi connectivity index (χ0) is 19.0. The van der Waals surface area contributed by atoms with Gasteiger partial charge in [-0.1, -0.05) is 6.08 Å². The van der Waals surface area contributed by atoms with Crippen LogP contribution < -0.4 is 10.6 Å². The highest BCUT2D eigenvalue weighted by Gasteiger charge is 2.40. The number of methoxy groups -OCH3 is 1. The van der Waals surface area contributed by atoms with Crippen LogP contribution in [0, 0.1) is 0 Å². The Morgan fingerprint density at radius 2 is 1.76 bits per heavy atom. The van der Waals surface area contributed by atoms with Crippen molar-refractivity contribution in [3.63, 3.8) is 0 Å². The Kier molecular flexibility index (Phi) is 8.49. The Hall–Kier alpha value is -2.01. The molecule has 1 fully saturated rings. The van der Waals surface area contributed by atoms with Gasteiger partial charge in [-0.15, -0.1) is 0 Å². The summed E-state index contributed by atoms with van der Waals surface area (Å²) in [6, 6.07) is 0. The third-order valence-electron chi connectivity index (χ3n) is 3.67. The minimum absolute atomic E-state index is 0.136. The van der Waals surface area contributed by atoms with Crippen LogP contribution in [0.5, 0.6) is 0 Å². The van der Waals surface area contributed by atoms with Crippen molar-refractivity contribution in [2.75, 3.05) is 20.2 Å². The molecular weight excluding hydrogens is 336 g/mol. The predicted molar refractivity (Wildman–Crippen MR) is 84.1 cm³/mol. The van der Waals surface area contributed by atoms with Gasteiger partial charge in [-0.3, -0.25) is 14.4 Å². The number of esters is 1. The molecule has 0 bridgehead atoms. The second kappa shape index (κ2) is 10.1. The third-order valence-corrected chi connectivity index (χ3v) is 3.67. The van der Waals surface area contributed by atoms with Gasteiger partial charge >= 0.3 is 5.97 Å². The lowest BCUT2D eigenvalue weighted by molar-refractivity contribution is -0.215. The molecule has 1 saturated heterocycles. The summed E-state index contributed by atoms with van der Waals surface area (Å²) in [4.78, 5) is 33.8. The summed E-state index contributed by atoms with van der Waals surface area (Å²) in [5.41, 5.74) is 0. The van der Waals surface area contributed by atoms with Crippen LogP contribution in [0.4, 0.5) is 0 Å². The van der Waals surface area contributed by atoms with Gasteiger partial charge in [0.2, 0.25) is 11.8 Å². The van der Waals surface area contributed by atoms with Crippen LogP contribution in [0.15, 0.2) is 12.2 Å². The Labute approximate surface area is 144 Å². The van der Waals surface area contributed by atoms with Gasteiger partial charge in [-0.05, 0) is 19.4 Å². The number of aliphatic hydroxyl groups is 3. The number of carbonyl (C=O) groups is 3. The van der Waals surface area contributed by atoms with Gasteiger partial charge in [0, 0.05) is 0 Å². The number of nitrogens with one attached hydrogen (secondary N) is 2. The highest BCUT2D eigenvalue weighted by molar-refractivity contribution is 5.91. The number of carbonyl (C=O) groups excluding carboxylic acids is 3. The maximum absolute atomic E-state index is 11.6. The first-order chi connectivity index (χ1) is 11.8. The maximum atomic E-state index is 11.6. The monoisotopic (exact) mass is 360 g/mol. The van der Waals surface area contributed by atoms with Crippen LogP contribution in [-0.4, -0.2) is 83.8 Å². The van der Waals surface area contributed by atoms with Crippen LogP contribution >= 0.6 is 0 Å². The van der Waals surface area contributed by atoms with E-state index in [-0.39, 0.29) is 19.5 Å². The van der Waals surface area contributed by atoms with E-state index >= 15 is 0 Å². The van der Waals surface area contributed by atoms with E-state index in [9.17, 15) is 29.7 Å². The lowest BCUT2D eigenvalue weighted by Crippen LogP contribution is -2.56. The number of ether oxygens (including phenoxy) is 2. The van der Waals surface area contributed by atoms with Crippen LogP contribution in [-0.2, 0) is 23.9 Å². The van der Waals surface area contributed by atoms with E-state index in [0.717, 1.165) is 6.08 Å². The molecule has 0 spiro atoms. The molecule has 10 nitrogen and oxygen atoms in total. The molecule has 142 valence electrons. The van der Waals surface area contributed by atoms with Crippen molar-refractivity contribution in [2.45, 2.75) is 43.9 Å². The molecule has 5 N–H and O–H groups in total. The van der Waals surface area contributed by atoms with Gasteiger partial charge in [0.1, 0.15) is 24.9 Å². The standard InChI is InChI=1S/C15H24N2O8/c1-8-13(21)15(23)14(22)9(25-8)4-3-5-10(18)16-6-11(19)17-7-12(20)24-2/h3,5,8-9,13-15,21-23H,4,6-7H2,1-2H3,(H,16,18)(H,17,19)/b5-3+/t8-,9-,13+,14+,15+/m0/s1. The molecule has 5 atom stereocenters. The molecule has 2 amide bonds. The summed E-state index contributed by atoms with van der Waals surface area (Å²) in [6.07, 6.45) is -2.47. The molecule has 0 aromatic heterocycles. The van der Waals surface area contributed by atoms with Gasteiger partial charge in [0.25, 0.3) is 0 Å². The lowest BCUT2D eigenvalue weighted by atomic mass is 9.94. The Morgan fingerprint density at radius 3 is 2.40 bits per heavy atom. The van der Waals surface area contributed by atoms with E-state index in [1.807, 2.05) is 0 Å². The molecule has 1 aliphatic rings. The Morgan fingerprint density at radius 1 is 1.08 bits per heavy atom. The lowest BCUT2D eigenvalue weighted by Gasteiger charge is -2.39. The normalized spacial score (nSPS) is 29.2. The molecular formula is C15H24N2O8. The first kappa shape index (κ1) is 21.0. The first-order valence-corrected chi connectivity index (χ1v) is 7.73. The van der Waals surface area contributed by atoms with E-state index in [2.05, 4.69) is 15.4 Å². The Balaban J connectivity index is 2.32. The molecule has 25 heavy (non-hydrogen) atoms. The van der Waals surface area contributed by atoms with Gasteiger partial charge < -0.3 is 35.4 Å². The van der Waals surface area contributed by atoms with E-state index in [1.165, 1.54) is 13.2 Å². The highest BCUT2D eigenvalue weighted by Crippen LogP contribution is 2.23. The fraction of sp³-hybridized carbons (Fsp3) is 0.667. The minimum Gasteiger partial charge on any atom is -0.468 e. The van der Waals surface area contributed by atoms with Crippen molar-refractivity contribution in [1.82, 2.24) is 10.6 Å². The quantitative estimate of drug-likeness (QED) is 0.241. The minimum atomic E-state index is -1.32. The van der Waals surface area contributed by atoms with Gasteiger partial charge in [-0.25, -0.2) is 0 Å². The van der Waals surface area contributed by atoms with Crippen LogP contribution in [0.1, 0.15) is 13.3 Å². The van der Waals surface area contributed by atoms with E-state index in [4.69, 9.17) is 4.74 Å². The zero-order valence-electron chi connectivity index (χ0n) is 14.0. The van der Waals surface area contributed by atoms with Crippen molar-refractivity contribution in [3.8, 4) is 0 Å². The number of rotatable bonds is 7. The smallest absolute Gasteiger partial charge is 0.325 e. The second-order valence-electron chi connectivity index (χ2n) is 5.56. The maximum Gasteiger partial charge on any atom is 0.325 e. The highest BCUT2D eigenvalue weighted by atomic mass is 16.5. The average Bonchev–Trinajstić information content (AvgIpc) is 2.60. The molecule has 0 radical (unpaired) electrons. The number of hydrogen-bond donors (Lipinski definition) is 5. The van der Waals surface area contributed by atoms with Crippen molar-refractivity contribution < 1.29 is 39.2 Å². The van der Waals surface area contributed by atoms with E-state index < -0.39 is 48.3 Å². The van der Waals surface area contributed by atoms with Crippen LogP contribution in [0.2, 0.25) is 0 Å².